The second-order valence-corrected chi connectivity index (χ2v) is 11.0. The molecule has 1 amide bonds. The number of likely N-dealkylation sites (tertiary alicyclic amines) is 1. The number of nitrogens with one attached hydrogen (secondary N) is 2. The molecule has 3 aromatic rings. The number of hydrogen-bond donors (Lipinski definition) is 2. The van der Waals surface area contributed by atoms with Crippen molar-refractivity contribution in [1.82, 2.24) is 24.8 Å². The Hall–Kier alpha value is -3.38. The third-order valence-electron chi connectivity index (χ3n) is 7.68. The first-order valence-electron chi connectivity index (χ1n) is 13.8. The van der Waals surface area contributed by atoms with Crippen LogP contribution >= 0.6 is 23.2 Å². The molecular formula is C29H34Cl2N6O5. The lowest BCUT2D eigenvalue weighted by atomic mass is 10.0. The van der Waals surface area contributed by atoms with Gasteiger partial charge in [0, 0.05) is 62.0 Å². The molecule has 1 atom stereocenters. The van der Waals surface area contributed by atoms with Crippen LogP contribution in [0.4, 0.5) is 5.95 Å². The van der Waals surface area contributed by atoms with Gasteiger partial charge >= 0.3 is 0 Å². The van der Waals surface area contributed by atoms with E-state index < -0.39 is 0 Å². The van der Waals surface area contributed by atoms with Crippen molar-refractivity contribution in [3.8, 4) is 22.6 Å². The van der Waals surface area contributed by atoms with Gasteiger partial charge in [0.1, 0.15) is 17.1 Å². The molecule has 2 N–H and O–H groups in total. The number of methoxy groups -OCH3 is 2. The van der Waals surface area contributed by atoms with Gasteiger partial charge in [-0.05, 0) is 31.4 Å². The maximum Gasteiger partial charge on any atom is 0.260 e. The zero-order chi connectivity index (χ0) is 29.8. The Labute approximate surface area is 253 Å². The van der Waals surface area contributed by atoms with E-state index in [-0.39, 0.29) is 39.2 Å². The SMILES string of the molecule is C=CC(=O)N1CCC(NCCn2c(=O)c(-c3c(Cl)c(OC)cc(OC)c3Cl)cc3cnc(NC4CCOC4)nc32)CC1. The lowest BCUT2D eigenvalue weighted by Gasteiger charge is -2.32. The van der Waals surface area contributed by atoms with E-state index in [1.54, 1.807) is 27.8 Å². The zero-order valence-electron chi connectivity index (χ0n) is 23.6. The Morgan fingerprint density at radius 2 is 1.86 bits per heavy atom. The fourth-order valence-corrected chi connectivity index (χ4v) is 6.09. The van der Waals surface area contributed by atoms with E-state index in [0.29, 0.717) is 73.4 Å². The third-order valence-corrected chi connectivity index (χ3v) is 8.43. The Bertz CT molecular complexity index is 1510. The summed E-state index contributed by atoms with van der Waals surface area (Å²) in [5.74, 6) is 1.03. The van der Waals surface area contributed by atoms with Crippen LogP contribution in [0.25, 0.3) is 22.2 Å². The smallest absolute Gasteiger partial charge is 0.260 e. The molecule has 1 unspecified atom stereocenters. The predicted octanol–water partition coefficient (Wildman–Crippen LogP) is 3.75. The van der Waals surface area contributed by atoms with Crippen LogP contribution in [-0.2, 0) is 16.1 Å². The highest BCUT2D eigenvalue weighted by Crippen LogP contribution is 2.45. The minimum Gasteiger partial charge on any atom is -0.495 e. The van der Waals surface area contributed by atoms with Gasteiger partial charge in [-0.1, -0.05) is 29.8 Å². The monoisotopic (exact) mass is 616 g/mol. The number of pyridine rings is 1. The molecular weight excluding hydrogens is 583 g/mol. The van der Waals surface area contributed by atoms with E-state index in [0.717, 1.165) is 19.3 Å². The second-order valence-electron chi connectivity index (χ2n) is 10.2. The van der Waals surface area contributed by atoms with E-state index in [2.05, 4.69) is 22.2 Å². The predicted molar refractivity (Wildman–Crippen MR) is 163 cm³/mol. The molecule has 5 rings (SSSR count). The molecule has 2 aliphatic heterocycles. The van der Waals surface area contributed by atoms with Crippen molar-refractivity contribution in [2.24, 2.45) is 0 Å². The minimum absolute atomic E-state index is 0.0527. The Kier molecular flexibility index (Phi) is 9.52. The van der Waals surface area contributed by atoms with Gasteiger partial charge in [-0.3, -0.25) is 14.2 Å². The third kappa shape index (κ3) is 6.19. The molecule has 2 saturated heterocycles. The molecule has 42 heavy (non-hydrogen) atoms. The first-order chi connectivity index (χ1) is 20.3. The molecule has 1 aromatic carbocycles. The van der Waals surface area contributed by atoms with Crippen LogP contribution in [0.2, 0.25) is 10.0 Å². The van der Waals surface area contributed by atoms with E-state index in [1.165, 1.54) is 20.3 Å². The largest absolute Gasteiger partial charge is 0.495 e. The molecule has 13 heteroatoms. The number of carbonyl (C=O) groups excluding carboxylic acids is 1. The number of ether oxygens (including phenoxy) is 3. The summed E-state index contributed by atoms with van der Waals surface area (Å²) < 4.78 is 18.0. The molecule has 0 radical (unpaired) electrons. The molecule has 11 nitrogen and oxygen atoms in total. The van der Waals surface area contributed by atoms with Crippen LogP contribution in [0.3, 0.4) is 0 Å². The maximum absolute atomic E-state index is 14.2. The van der Waals surface area contributed by atoms with Crippen LogP contribution in [0, 0.1) is 0 Å². The fourth-order valence-electron chi connectivity index (χ4n) is 5.38. The number of benzene rings is 1. The summed E-state index contributed by atoms with van der Waals surface area (Å²) in [7, 11) is 2.97. The standard InChI is InChI=1S/C29H34Cl2N6O5/c1-4-23(38)36-9-5-18(6-10-36)32-8-11-37-27-17(15-33-29(35-27)34-19-7-12-42-16-19)13-20(28(37)39)24-25(30)21(40-2)14-22(41-3)26(24)31/h4,13-15,18-19,32H,1,5-12,16H2,2-3H3,(H,33,34,35). The van der Waals surface area contributed by atoms with E-state index in [4.69, 9.17) is 42.4 Å². The second kappa shape index (κ2) is 13.3. The molecule has 0 aliphatic carbocycles. The number of aromatic nitrogens is 3. The van der Waals surface area contributed by atoms with Crippen LogP contribution in [0.1, 0.15) is 19.3 Å². The average molecular weight is 618 g/mol. The summed E-state index contributed by atoms with van der Waals surface area (Å²) in [5, 5.41) is 7.89. The number of amides is 1. The molecule has 2 fully saturated rings. The number of halogens is 2. The molecule has 224 valence electrons. The highest BCUT2D eigenvalue weighted by Gasteiger charge is 2.25. The van der Waals surface area contributed by atoms with Crippen LogP contribution in [-0.4, -0.2) is 84.5 Å². The summed E-state index contributed by atoms with van der Waals surface area (Å²) >= 11 is 13.4. The normalized spacial score (nSPS) is 17.4. The Morgan fingerprint density at radius 1 is 1.14 bits per heavy atom. The van der Waals surface area contributed by atoms with Gasteiger partial charge in [0.2, 0.25) is 11.9 Å². The molecule has 0 saturated carbocycles. The van der Waals surface area contributed by atoms with Gasteiger partial charge < -0.3 is 29.7 Å². The van der Waals surface area contributed by atoms with Gasteiger partial charge in [-0.25, -0.2) is 4.98 Å². The van der Waals surface area contributed by atoms with Crippen molar-refractivity contribution in [2.45, 2.75) is 37.9 Å². The van der Waals surface area contributed by atoms with Gasteiger partial charge in [-0.2, -0.15) is 4.98 Å². The number of nitrogens with zero attached hydrogens (tertiary/aromatic N) is 4. The number of piperidine rings is 1. The fraction of sp³-hybridized carbons (Fsp3) is 0.448. The van der Waals surface area contributed by atoms with Gasteiger partial charge in [-0.15, -0.1) is 0 Å². The lowest BCUT2D eigenvalue weighted by Crippen LogP contribution is -2.45. The van der Waals surface area contributed by atoms with E-state index in [9.17, 15) is 9.59 Å². The molecule has 0 bridgehead atoms. The van der Waals surface area contributed by atoms with Crippen LogP contribution < -0.4 is 25.7 Å². The maximum atomic E-state index is 14.2. The van der Waals surface area contributed by atoms with E-state index >= 15 is 0 Å². The van der Waals surface area contributed by atoms with E-state index in [1.807, 2.05) is 0 Å². The summed E-state index contributed by atoms with van der Waals surface area (Å²) in [5.41, 5.74) is 0.756. The van der Waals surface area contributed by atoms with Crippen molar-refractivity contribution in [3.05, 3.63) is 51.4 Å². The topological polar surface area (TPSA) is 120 Å². The first kappa shape index (κ1) is 30.1. The minimum atomic E-state index is -0.316. The molecule has 0 spiro atoms. The number of fused-ring (bicyclic) bond motifs is 1. The molecule has 2 aliphatic rings. The summed E-state index contributed by atoms with van der Waals surface area (Å²) in [6, 6.07) is 3.59. The van der Waals surface area contributed by atoms with Gasteiger partial charge in [0.15, 0.2) is 0 Å². The lowest BCUT2D eigenvalue weighted by molar-refractivity contribution is -0.127. The molecule has 2 aromatic heterocycles. The van der Waals surface area contributed by atoms with Crippen molar-refractivity contribution in [2.75, 3.05) is 52.4 Å². The number of hydrogen-bond acceptors (Lipinski definition) is 9. The summed E-state index contributed by atoms with van der Waals surface area (Å²) in [6.45, 7) is 6.97. The number of carbonyl (C=O) groups is 1. The van der Waals surface area contributed by atoms with Crippen LogP contribution in [0.15, 0.2) is 35.8 Å². The number of rotatable bonds is 10. The summed E-state index contributed by atoms with van der Waals surface area (Å²) in [6.07, 6.45) is 5.49. The van der Waals surface area contributed by atoms with Crippen molar-refractivity contribution in [3.63, 3.8) is 0 Å². The quantitative estimate of drug-likeness (QED) is 0.328. The highest BCUT2D eigenvalue weighted by atomic mass is 35.5. The number of anilines is 1. The molecule has 4 heterocycles. The van der Waals surface area contributed by atoms with Crippen molar-refractivity contribution < 1.29 is 19.0 Å². The van der Waals surface area contributed by atoms with Gasteiger partial charge in [0.25, 0.3) is 5.56 Å². The first-order valence-corrected chi connectivity index (χ1v) is 14.6. The van der Waals surface area contributed by atoms with Crippen LogP contribution in [0.5, 0.6) is 11.5 Å². The summed E-state index contributed by atoms with van der Waals surface area (Å²) in [4.78, 5) is 37.1. The van der Waals surface area contributed by atoms with Gasteiger partial charge in [0.05, 0.1) is 42.5 Å². The van der Waals surface area contributed by atoms with Crippen molar-refractivity contribution >= 4 is 46.1 Å². The highest BCUT2D eigenvalue weighted by molar-refractivity contribution is 6.41. The Morgan fingerprint density at radius 3 is 2.48 bits per heavy atom. The van der Waals surface area contributed by atoms with Crippen molar-refractivity contribution in [1.29, 1.82) is 0 Å². The Balaban J connectivity index is 1.50. The zero-order valence-corrected chi connectivity index (χ0v) is 25.1. The average Bonchev–Trinajstić information content (AvgIpc) is 3.52.